The summed E-state index contributed by atoms with van der Waals surface area (Å²) >= 11 is 0. The summed E-state index contributed by atoms with van der Waals surface area (Å²) in [6.45, 7) is 11.8. The molecule has 0 radical (unpaired) electrons. The molecule has 2 heterocycles. The van der Waals surface area contributed by atoms with Gasteiger partial charge >= 0.3 is 0 Å². The zero-order chi connectivity index (χ0) is 15.9. The van der Waals surface area contributed by atoms with E-state index in [4.69, 9.17) is 14.9 Å². The van der Waals surface area contributed by atoms with Crippen molar-refractivity contribution in [3.05, 3.63) is 23.7 Å². The van der Waals surface area contributed by atoms with Gasteiger partial charge in [-0.1, -0.05) is 0 Å². The number of nitrogens with zero attached hydrogens (tertiary/aromatic N) is 3. The predicted molar refractivity (Wildman–Crippen MR) is 88.0 cm³/mol. The Balaban J connectivity index is 2.12. The van der Waals surface area contributed by atoms with E-state index in [1.807, 2.05) is 19.1 Å². The summed E-state index contributed by atoms with van der Waals surface area (Å²) < 4.78 is 11.3. The molecule has 1 aliphatic heterocycles. The number of hydrogen-bond acceptors (Lipinski definition) is 4. The van der Waals surface area contributed by atoms with Crippen molar-refractivity contribution in [1.82, 2.24) is 9.80 Å². The molecule has 1 fully saturated rings. The number of hydrogen-bond donors (Lipinski definition) is 1. The van der Waals surface area contributed by atoms with Crippen LogP contribution in [0.4, 0.5) is 0 Å². The van der Waals surface area contributed by atoms with Gasteiger partial charge in [0.15, 0.2) is 5.96 Å². The van der Waals surface area contributed by atoms with Crippen LogP contribution in [0.15, 0.2) is 21.5 Å². The number of rotatable bonds is 6. The zero-order valence-electron chi connectivity index (χ0n) is 13.9. The van der Waals surface area contributed by atoms with Gasteiger partial charge in [-0.15, -0.1) is 0 Å². The van der Waals surface area contributed by atoms with Gasteiger partial charge in [0.2, 0.25) is 0 Å². The first-order valence-electron chi connectivity index (χ1n) is 8.08. The second-order valence-corrected chi connectivity index (χ2v) is 5.48. The monoisotopic (exact) mass is 308 g/mol. The van der Waals surface area contributed by atoms with Crippen LogP contribution in [0, 0.1) is 6.92 Å². The largest absolute Gasteiger partial charge is 0.465 e. The molecular weight excluding hydrogens is 280 g/mol. The van der Waals surface area contributed by atoms with E-state index >= 15 is 0 Å². The number of morpholine rings is 1. The molecule has 0 aliphatic carbocycles. The van der Waals surface area contributed by atoms with E-state index in [0.29, 0.717) is 12.5 Å². The summed E-state index contributed by atoms with van der Waals surface area (Å²) in [6.07, 6.45) is 0. The average molecular weight is 308 g/mol. The molecule has 1 aliphatic rings. The summed E-state index contributed by atoms with van der Waals surface area (Å²) in [5, 5.41) is 0. The Morgan fingerprint density at radius 2 is 2.00 bits per heavy atom. The lowest BCUT2D eigenvalue weighted by Gasteiger charge is -2.32. The average Bonchev–Trinajstić information content (AvgIpc) is 2.96. The molecule has 0 bridgehead atoms. The summed E-state index contributed by atoms with van der Waals surface area (Å²) in [5.74, 6) is 2.48. The van der Waals surface area contributed by atoms with Crippen molar-refractivity contribution in [2.75, 3.05) is 45.9 Å². The fourth-order valence-electron chi connectivity index (χ4n) is 2.73. The lowest BCUT2D eigenvalue weighted by molar-refractivity contribution is 0.0135. The van der Waals surface area contributed by atoms with Crippen LogP contribution >= 0.6 is 0 Å². The third-order valence-corrected chi connectivity index (χ3v) is 4.09. The van der Waals surface area contributed by atoms with Crippen LogP contribution in [0.3, 0.4) is 0 Å². The van der Waals surface area contributed by atoms with Gasteiger partial charge in [-0.25, -0.2) is 0 Å². The Labute approximate surface area is 132 Å². The van der Waals surface area contributed by atoms with Gasteiger partial charge in [0.1, 0.15) is 11.5 Å². The molecule has 6 heteroatoms. The second kappa shape index (κ2) is 8.19. The molecule has 1 unspecified atom stereocenters. The standard InChI is InChI=1S/C16H28N4O2/c1-4-19(5-2)16(17)18-12-14(15-7-6-13(3)22-15)20-8-10-21-11-9-20/h6-7,14H,4-5,8-12H2,1-3H3,(H2,17,18). The molecule has 2 N–H and O–H groups in total. The molecule has 0 amide bonds. The molecule has 1 atom stereocenters. The molecule has 124 valence electrons. The van der Waals surface area contributed by atoms with E-state index in [1.165, 1.54) is 0 Å². The van der Waals surface area contributed by atoms with Gasteiger partial charge in [-0.3, -0.25) is 9.89 Å². The van der Waals surface area contributed by atoms with E-state index in [2.05, 4.69) is 28.6 Å². The Kier molecular flexibility index (Phi) is 6.27. The van der Waals surface area contributed by atoms with Crippen LogP contribution in [0.2, 0.25) is 0 Å². The molecule has 0 aromatic carbocycles. The van der Waals surface area contributed by atoms with Crippen molar-refractivity contribution in [3.63, 3.8) is 0 Å². The molecule has 22 heavy (non-hydrogen) atoms. The maximum Gasteiger partial charge on any atom is 0.191 e. The van der Waals surface area contributed by atoms with E-state index in [-0.39, 0.29) is 6.04 Å². The van der Waals surface area contributed by atoms with E-state index in [9.17, 15) is 0 Å². The maximum atomic E-state index is 6.10. The number of guanidine groups is 1. The maximum absolute atomic E-state index is 6.10. The van der Waals surface area contributed by atoms with Gasteiger partial charge < -0.3 is 19.8 Å². The Hall–Kier alpha value is -1.53. The van der Waals surface area contributed by atoms with Crippen molar-refractivity contribution in [3.8, 4) is 0 Å². The normalized spacial score (nSPS) is 18.4. The van der Waals surface area contributed by atoms with Gasteiger partial charge in [0, 0.05) is 26.2 Å². The van der Waals surface area contributed by atoms with Crippen LogP contribution in [-0.4, -0.2) is 61.7 Å². The van der Waals surface area contributed by atoms with Gasteiger partial charge in [0.05, 0.1) is 25.8 Å². The van der Waals surface area contributed by atoms with Crippen LogP contribution in [0.5, 0.6) is 0 Å². The third-order valence-electron chi connectivity index (χ3n) is 4.09. The molecule has 1 aromatic rings. The van der Waals surface area contributed by atoms with Crippen LogP contribution in [0.25, 0.3) is 0 Å². The highest BCUT2D eigenvalue weighted by atomic mass is 16.5. The van der Waals surface area contributed by atoms with Crippen molar-refractivity contribution < 1.29 is 9.15 Å². The Bertz CT molecular complexity index is 476. The van der Waals surface area contributed by atoms with Crippen molar-refractivity contribution in [2.24, 2.45) is 10.7 Å². The van der Waals surface area contributed by atoms with E-state index < -0.39 is 0 Å². The molecule has 0 saturated carbocycles. The quantitative estimate of drug-likeness (QED) is 0.639. The third kappa shape index (κ3) is 4.24. The minimum Gasteiger partial charge on any atom is -0.465 e. The summed E-state index contributed by atoms with van der Waals surface area (Å²) in [4.78, 5) is 9.03. The van der Waals surface area contributed by atoms with E-state index in [0.717, 1.165) is 50.9 Å². The minimum atomic E-state index is 0.117. The summed E-state index contributed by atoms with van der Waals surface area (Å²) in [7, 11) is 0. The first-order valence-corrected chi connectivity index (χ1v) is 8.08. The van der Waals surface area contributed by atoms with E-state index in [1.54, 1.807) is 0 Å². The zero-order valence-corrected chi connectivity index (χ0v) is 13.9. The summed E-state index contributed by atoms with van der Waals surface area (Å²) in [6, 6.07) is 4.16. The van der Waals surface area contributed by atoms with Crippen LogP contribution < -0.4 is 5.73 Å². The van der Waals surface area contributed by atoms with Gasteiger partial charge in [-0.05, 0) is 32.9 Å². The highest BCUT2D eigenvalue weighted by molar-refractivity contribution is 5.78. The first kappa shape index (κ1) is 16.8. The van der Waals surface area contributed by atoms with Gasteiger partial charge in [-0.2, -0.15) is 0 Å². The van der Waals surface area contributed by atoms with Crippen molar-refractivity contribution >= 4 is 5.96 Å². The van der Waals surface area contributed by atoms with Crippen molar-refractivity contribution in [2.45, 2.75) is 26.8 Å². The fraction of sp³-hybridized carbons (Fsp3) is 0.688. The smallest absolute Gasteiger partial charge is 0.191 e. The lowest BCUT2D eigenvalue weighted by Crippen LogP contribution is -2.41. The second-order valence-electron chi connectivity index (χ2n) is 5.48. The Morgan fingerprint density at radius 1 is 1.32 bits per heavy atom. The van der Waals surface area contributed by atoms with Gasteiger partial charge in [0.25, 0.3) is 0 Å². The topological polar surface area (TPSA) is 67.2 Å². The fourth-order valence-corrected chi connectivity index (χ4v) is 2.73. The molecule has 1 saturated heterocycles. The summed E-state index contributed by atoms with van der Waals surface area (Å²) in [5.41, 5.74) is 6.10. The lowest BCUT2D eigenvalue weighted by atomic mass is 10.1. The minimum absolute atomic E-state index is 0.117. The molecule has 2 rings (SSSR count). The highest BCUT2D eigenvalue weighted by Crippen LogP contribution is 2.24. The highest BCUT2D eigenvalue weighted by Gasteiger charge is 2.25. The SMILES string of the molecule is CCN(CC)C(N)=NCC(c1ccc(C)o1)N1CCOCC1. The van der Waals surface area contributed by atoms with Crippen LogP contribution in [-0.2, 0) is 4.74 Å². The van der Waals surface area contributed by atoms with Crippen molar-refractivity contribution in [1.29, 1.82) is 0 Å². The molecular formula is C16H28N4O2. The number of aliphatic imine (C=N–C) groups is 1. The number of ether oxygens (including phenoxy) is 1. The molecule has 6 nitrogen and oxygen atoms in total. The predicted octanol–water partition coefficient (Wildman–Crippen LogP) is 1.62. The number of nitrogens with two attached hydrogens (primary N) is 1. The first-order chi connectivity index (χ1) is 10.7. The molecule has 0 spiro atoms. The molecule has 1 aromatic heterocycles. The van der Waals surface area contributed by atoms with Crippen LogP contribution in [0.1, 0.15) is 31.4 Å². The Morgan fingerprint density at radius 3 is 2.55 bits per heavy atom. The number of furan rings is 1. The number of aryl methyl sites for hydroxylation is 1.